The molecule has 2 aliphatic heterocycles. The monoisotopic (exact) mass is 565 g/mol. The number of piperidine rings is 1. The van der Waals surface area contributed by atoms with Crippen molar-refractivity contribution < 1.29 is 9.59 Å². The standard InChI is InChI=1S/C32H51N7O2/c1-7-25-26(31(40)33-19-27-21(3)17-22(4)35-32(27)41)18-29-28(20-34-37(29)6)30(25)39(8-2)24-11-9-23(10-12-24)38-15-13-36(5)14-16-38/h18,20-24,27H,7-17,19H2,1-6H3,(H,33,40)(H,35,41). The Balaban J connectivity index is 1.38. The molecule has 1 aromatic heterocycles. The molecule has 2 N–H and O–H groups in total. The van der Waals surface area contributed by atoms with Crippen molar-refractivity contribution in [1.29, 1.82) is 0 Å². The zero-order valence-electron chi connectivity index (χ0n) is 26.1. The summed E-state index contributed by atoms with van der Waals surface area (Å²) < 4.78 is 1.88. The maximum atomic E-state index is 13.8. The van der Waals surface area contributed by atoms with Gasteiger partial charge < -0.3 is 20.4 Å². The molecule has 1 aliphatic carbocycles. The minimum Gasteiger partial charge on any atom is -0.368 e. The van der Waals surface area contributed by atoms with Crippen molar-refractivity contribution in [3.63, 3.8) is 0 Å². The highest BCUT2D eigenvalue weighted by Crippen LogP contribution is 2.38. The molecule has 5 rings (SSSR count). The van der Waals surface area contributed by atoms with Gasteiger partial charge >= 0.3 is 0 Å². The van der Waals surface area contributed by atoms with Crippen molar-refractivity contribution in [2.45, 2.75) is 84.3 Å². The molecule has 1 aromatic carbocycles. The summed E-state index contributed by atoms with van der Waals surface area (Å²) in [5.74, 6) is -0.0295. The number of carbonyl (C=O) groups excluding carboxylic acids is 2. The van der Waals surface area contributed by atoms with Crippen molar-refractivity contribution in [2.24, 2.45) is 18.9 Å². The number of piperazine rings is 1. The number of aryl methyl sites for hydroxylation is 1. The molecule has 41 heavy (non-hydrogen) atoms. The second-order valence-electron chi connectivity index (χ2n) is 12.8. The van der Waals surface area contributed by atoms with Crippen LogP contribution in [0, 0.1) is 11.8 Å². The molecule has 9 nitrogen and oxygen atoms in total. The largest absolute Gasteiger partial charge is 0.368 e. The molecule has 0 radical (unpaired) electrons. The van der Waals surface area contributed by atoms with Crippen LogP contribution >= 0.6 is 0 Å². The Labute approximate surface area is 246 Å². The van der Waals surface area contributed by atoms with E-state index < -0.39 is 0 Å². The third-order valence-corrected chi connectivity index (χ3v) is 10.1. The van der Waals surface area contributed by atoms with E-state index in [-0.39, 0.29) is 29.7 Å². The van der Waals surface area contributed by atoms with Gasteiger partial charge in [0.1, 0.15) is 0 Å². The fourth-order valence-corrected chi connectivity index (χ4v) is 7.71. The van der Waals surface area contributed by atoms with E-state index in [1.807, 2.05) is 30.9 Å². The second-order valence-corrected chi connectivity index (χ2v) is 12.8. The minimum atomic E-state index is -0.206. The van der Waals surface area contributed by atoms with E-state index >= 15 is 0 Å². The van der Waals surface area contributed by atoms with Gasteiger partial charge in [0.25, 0.3) is 5.91 Å². The number of hydrogen-bond acceptors (Lipinski definition) is 6. The summed E-state index contributed by atoms with van der Waals surface area (Å²) in [4.78, 5) is 34.2. The SMILES string of the molecule is CCc1c(C(=O)NCC2C(=O)NC(C)CC2C)cc2c(cnn2C)c1N(CC)C1CCC(N2CCN(C)CC2)CC1. The van der Waals surface area contributed by atoms with E-state index in [0.29, 0.717) is 24.2 Å². The fourth-order valence-electron chi connectivity index (χ4n) is 7.71. The van der Waals surface area contributed by atoms with E-state index in [1.54, 1.807) is 0 Å². The highest BCUT2D eigenvalue weighted by molar-refractivity contribution is 6.05. The summed E-state index contributed by atoms with van der Waals surface area (Å²) in [6.45, 7) is 14.5. The number of likely N-dealkylation sites (N-methyl/N-ethyl adjacent to an activating group) is 1. The van der Waals surface area contributed by atoms with Crippen molar-refractivity contribution in [3.8, 4) is 0 Å². The summed E-state index contributed by atoms with van der Waals surface area (Å²) >= 11 is 0. The maximum Gasteiger partial charge on any atom is 0.251 e. The number of benzene rings is 1. The van der Waals surface area contributed by atoms with Gasteiger partial charge in [-0.05, 0) is 77.0 Å². The molecule has 0 spiro atoms. The van der Waals surface area contributed by atoms with Crippen molar-refractivity contribution in [2.75, 3.05) is 51.2 Å². The molecule has 3 heterocycles. The number of nitrogens with zero attached hydrogens (tertiary/aromatic N) is 5. The lowest BCUT2D eigenvalue weighted by atomic mass is 9.84. The zero-order valence-corrected chi connectivity index (χ0v) is 26.1. The predicted molar refractivity (Wildman–Crippen MR) is 165 cm³/mol. The first-order chi connectivity index (χ1) is 19.7. The summed E-state index contributed by atoms with van der Waals surface area (Å²) in [5.41, 5.74) is 3.94. The first-order valence-electron chi connectivity index (χ1n) is 16.0. The van der Waals surface area contributed by atoms with E-state index in [0.717, 1.165) is 48.9 Å². The van der Waals surface area contributed by atoms with Crippen LogP contribution in [-0.4, -0.2) is 95.8 Å². The van der Waals surface area contributed by atoms with Gasteiger partial charge in [-0.15, -0.1) is 0 Å². The number of hydrogen-bond donors (Lipinski definition) is 2. The summed E-state index contributed by atoms with van der Waals surface area (Å²) in [6, 6.07) is 3.32. The molecule has 9 heteroatoms. The van der Waals surface area contributed by atoms with Gasteiger partial charge in [-0.1, -0.05) is 13.8 Å². The van der Waals surface area contributed by atoms with Crippen molar-refractivity contribution in [1.82, 2.24) is 30.2 Å². The van der Waals surface area contributed by atoms with Crippen LogP contribution in [0.5, 0.6) is 0 Å². The van der Waals surface area contributed by atoms with Crippen molar-refractivity contribution >= 4 is 28.4 Å². The lowest BCUT2D eigenvalue weighted by Crippen LogP contribution is -2.51. The smallest absolute Gasteiger partial charge is 0.251 e. The lowest BCUT2D eigenvalue weighted by Gasteiger charge is -2.44. The van der Waals surface area contributed by atoms with Crippen LogP contribution in [0.1, 0.15) is 75.7 Å². The van der Waals surface area contributed by atoms with E-state index in [1.165, 1.54) is 44.5 Å². The molecule has 1 saturated carbocycles. The molecule has 0 bridgehead atoms. The van der Waals surface area contributed by atoms with Gasteiger partial charge in [-0.25, -0.2) is 0 Å². The molecule has 3 fully saturated rings. The first kappa shape index (κ1) is 29.8. The number of rotatable bonds is 8. The van der Waals surface area contributed by atoms with Gasteiger partial charge in [0.15, 0.2) is 0 Å². The Hall–Kier alpha value is -2.65. The number of carbonyl (C=O) groups is 2. The molecule has 2 saturated heterocycles. The summed E-state index contributed by atoms with van der Waals surface area (Å²) in [6.07, 6.45) is 8.44. The van der Waals surface area contributed by atoms with Gasteiger partial charge in [-0.3, -0.25) is 19.2 Å². The highest BCUT2D eigenvalue weighted by atomic mass is 16.2. The van der Waals surface area contributed by atoms with Crippen LogP contribution in [0.4, 0.5) is 5.69 Å². The van der Waals surface area contributed by atoms with Crippen LogP contribution < -0.4 is 15.5 Å². The summed E-state index contributed by atoms with van der Waals surface area (Å²) in [5, 5.41) is 11.9. The normalized spacial score (nSPS) is 28.0. The van der Waals surface area contributed by atoms with Gasteiger partial charge in [0, 0.05) is 75.4 Å². The lowest BCUT2D eigenvalue weighted by molar-refractivity contribution is -0.129. The third kappa shape index (κ3) is 6.12. The minimum absolute atomic E-state index is 0.0411. The fraction of sp³-hybridized carbons (Fsp3) is 0.719. The number of amides is 2. The third-order valence-electron chi connectivity index (χ3n) is 10.1. The van der Waals surface area contributed by atoms with E-state index in [2.05, 4.69) is 58.3 Å². The highest BCUT2D eigenvalue weighted by Gasteiger charge is 2.34. The molecule has 226 valence electrons. The Morgan fingerprint density at radius 3 is 2.44 bits per heavy atom. The number of fused-ring (bicyclic) bond motifs is 1. The quantitative estimate of drug-likeness (QED) is 0.510. The number of anilines is 1. The average molecular weight is 566 g/mol. The average Bonchev–Trinajstić information content (AvgIpc) is 3.33. The predicted octanol–water partition coefficient (Wildman–Crippen LogP) is 3.41. The molecule has 3 atom stereocenters. The maximum absolute atomic E-state index is 13.8. The van der Waals surface area contributed by atoms with Crippen molar-refractivity contribution in [3.05, 3.63) is 23.4 Å². The van der Waals surface area contributed by atoms with Crippen LogP contribution in [-0.2, 0) is 18.3 Å². The Morgan fingerprint density at radius 1 is 1.10 bits per heavy atom. The van der Waals surface area contributed by atoms with Gasteiger partial charge in [0.05, 0.1) is 23.3 Å². The molecule has 2 amide bonds. The second kappa shape index (κ2) is 12.7. The number of aromatic nitrogens is 2. The van der Waals surface area contributed by atoms with Crippen LogP contribution in [0.3, 0.4) is 0 Å². The Bertz CT molecular complexity index is 1230. The van der Waals surface area contributed by atoms with E-state index in [9.17, 15) is 9.59 Å². The van der Waals surface area contributed by atoms with Gasteiger partial charge in [-0.2, -0.15) is 5.10 Å². The Kier molecular flexibility index (Phi) is 9.24. The zero-order chi connectivity index (χ0) is 29.3. The summed E-state index contributed by atoms with van der Waals surface area (Å²) in [7, 11) is 4.17. The Morgan fingerprint density at radius 2 is 1.80 bits per heavy atom. The van der Waals surface area contributed by atoms with Crippen LogP contribution in [0.15, 0.2) is 12.3 Å². The molecular formula is C32H51N7O2. The van der Waals surface area contributed by atoms with Crippen LogP contribution in [0.25, 0.3) is 10.9 Å². The van der Waals surface area contributed by atoms with Gasteiger partial charge in [0.2, 0.25) is 5.91 Å². The molecule has 3 unspecified atom stereocenters. The topological polar surface area (TPSA) is 85.7 Å². The van der Waals surface area contributed by atoms with Crippen LogP contribution in [0.2, 0.25) is 0 Å². The van der Waals surface area contributed by atoms with E-state index in [4.69, 9.17) is 0 Å². The molecule has 3 aliphatic rings. The molecule has 2 aromatic rings. The molecular weight excluding hydrogens is 514 g/mol. The first-order valence-corrected chi connectivity index (χ1v) is 16.0. The number of nitrogens with one attached hydrogen (secondary N) is 2.